The van der Waals surface area contributed by atoms with Crippen molar-refractivity contribution in [2.45, 2.75) is 6.54 Å². The molecule has 1 aromatic heterocycles. The average Bonchev–Trinajstić information content (AvgIpc) is 2.89. The highest BCUT2D eigenvalue weighted by Gasteiger charge is 2.13. The van der Waals surface area contributed by atoms with Crippen LogP contribution >= 0.6 is 0 Å². The molecule has 8 heteroatoms. The van der Waals surface area contributed by atoms with Crippen LogP contribution in [0.25, 0.3) is 11.1 Å². The van der Waals surface area contributed by atoms with Crippen LogP contribution in [0.4, 0.5) is 4.39 Å². The Kier molecular flexibility index (Phi) is 4.11. The topological polar surface area (TPSA) is 93.3 Å². The molecule has 0 unspecified atom stereocenters. The van der Waals surface area contributed by atoms with E-state index in [-0.39, 0.29) is 12.1 Å². The monoisotopic (exact) mass is 329 g/mol. The normalized spacial score (nSPS) is 10.5. The van der Waals surface area contributed by atoms with E-state index in [1.807, 2.05) is 0 Å². The summed E-state index contributed by atoms with van der Waals surface area (Å²) >= 11 is 0. The summed E-state index contributed by atoms with van der Waals surface area (Å²) in [5.74, 6) is -2.36. The van der Waals surface area contributed by atoms with E-state index >= 15 is 0 Å². The maximum atomic E-state index is 12.8. The summed E-state index contributed by atoms with van der Waals surface area (Å²) < 4.78 is 19.0. The van der Waals surface area contributed by atoms with Gasteiger partial charge in [-0.2, -0.15) is 0 Å². The molecule has 0 saturated carbocycles. The minimum absolute atomic E-state index is 0.183. The molecule has 3 rings (SSSR count). The number of halogens is 1. The molecule has 0 spiro atoms. The Morgan fingerprint density at radius 3 is 2.50 bits per heavy atom. The lowest BCUT2D eigenvalue weighted by Gasteiger charge is -2.07. The van der Waals surface area contributed by atoms with Gasteiger partial charge in [-0.15, -0.1) is 0 Å². The number of aromatic nitrogens is 1. The summed E-state index contributed by atoms with van der Waals surface area (Å²) in [4.78, 5) is 35.5. The Labute approximate surface area is 134 Å². The molecule has 0 aliphatic carbocycles. The van der Waals surface area contributed by atoms with Crippen LogP contribution in [0, 0.1) is 5.82 Å². The van der Waals surface area contributed by atoms with E-state index in [0.717, 1.165) is 16.7 Å². The van der Waals surface area contributed by atoms with Crippen LogP contribution in [0.3, 0.4) is 0 Å². The second-order valence-corrected chi connectivity index (χ2v) is 4.93. The zero-order valence-corrected chi connectivity index (χ0v) is 12.3. The van der Waals surface area contributed by atoms with Gasteiger partial charge in [-0.25, -0.2) is 9.18 Å². The van der Waals surface area contributed by atoms with Crippen LogP contribution in [0.2, 0.25) is 0 Å². The fraction of sp³-hybridized carbons (Fsp3) is 0.0625. The highest BCUT2D eigenvalue weighted by atomic mass is 19.1. The Bertz CT molecular complexity index is 959. The van der Waals surface area contributed by atoms with Gasteiger partial charge in [0.05, 0.1) is 5.52 Å². The molecule has 24 heavy (non-hydrogen) atoms. The molecule has 0 bridgehead atoms. The van der Waals surface area contributed by atoms with Gasteiger partial charge in [0, 0.05) is 5.56 Å². The van der Waals surface area contributed by atoms with Crippen molar-refractivity contribution in [2.75, 3.05) is 0 Å². The number of hydrazine groups is 1. The summed E-state index contributed by atoms with van der Waals surface area (Å²) in [6, 6.07) is 11.5. The van der Waals surface area contributed by atoms with Crippen molar-refractivity contribution in [2.24, 2.45) is 0 Å². The minimum Gasteiger partial charge on any atom is -0.408 e. The van der Waals surface area contributed by atoms with E-state index in [0.29, 0.717) is 11.1 Å². The number of amides is 2. The Morgan fingerprint density at radius 2 is 1.75 bits per heavy atom. The molecule has 0 saturated heterocycles. The van der Waals surface area contributed by atoms with Crippen LogP contribution in [0.15, 0.2) is 57.7 Å². The van der Waals surface area contributed by atoms with Crippen molar-refractivity contribution in [1.29, 1.82) is 0 Å². The van der Waals surface area contributed by atoms with E-state index in [1.54, 1.807) is 24.3 Å². The number of hydrogen-bond donors (Lipinski definition) is 2. The van der Waals surface area contributed by atoms with Gasteiger partial charge in [0.2, 0.25) is 0 Å². The first-order valence-corrected chi connectivity index (χ1v) is 6.98. The summed E-state index contributed by atoms with van der Waals surface area (Å²) in [7, 11) is 0. The molecular formula is C16H12FN3O4. The molecule has 0 aliphatic rings. The van der Waals surface area contributed by atoms with Gasteiger partial charge in [-0.05, 0) is 36.4 Å². The second kappa shape index (κ2) is 6.37. The number of para-hydroxylation sites is 2. The Balaban J connectivity index is 1.65. The number of fused-ring (bicyclic) bond motifs is 1. The largest absolute Gasteiger partial charge is 0.420 e. The number of rotatable bonds is 3. The molecule has 1 heterocycles. The van der Waals surface area contributed by atoms with Crippen LogP contribution in [0.5, 0.6) is 0 Å². The van der Waals surface area contributed by atoms with Gasteiger partial charge in [0.25, 0.3) is 11.8 Å². The number of carbonyl (C=O) groups excluding carboxylic acids is 2. The predicted octanol–water partition coefficient (Wildman–Crippen LogP) is 1.19. The van der Waals surface area contributed by atoms with E-state index in [9.17, 15) is 18.8 Å². The third-order valence-corrected chi connectivity index (χ3v) is 3.30. The van der Waals surface area contributed by atoms with Crippen molar-refractivity contribution in [3.05, 3.63) is 70.5 Å². The van der Waals surface area contributed by atoms with E-state index in [4.69, 9.17) is 4.42 Å². The third kappa shape index (κ3) is 3.17. The number of oxazole rings is 1. The highest BCUT2D eigenvalue weighted by Crippen LogP contribution is 2.11. The average molecular weight is 329 g/mol. The van der Waals surface area contributed by atoms with Crippen molar-refractivity contribution >= 4 is 22.9 Å². The number of benzene rings is 2. The maximum absolute atomic E-state index is 12.8. The Hall–Kier alpha value is -3.42. The molecular weight excluding hydrogens is 317 g/mol. The third-order valence-electron chi connectivity index (χ3n) is 3.30. The van der Waals surface area contributed by atoms with Gasteiger partial charge < -0.3 is 4.42 Å². The second-order valence-electron chi connectivity index (χ2n) is 4.93. The lowest BCUT2D eigenvalue weighted by Crippen LogP contribution is -2.43. The highest BCUT2D eigenvalue weighted by molar-refractivity contribution is 5.95. The first-order chi connectivity index (χ1) is 11.5. The molecule has 7 nitrogen and oxygen atoms in total. The molecule has 122 valence electrons. The predicted molar refractivity (Wildman–Crippen MR) is 82.5 cm³/mol. The molecule has 0 fully saturated rings. The lowest BCUT2D eigenvalue weighted by molar-refractivity contribution is -0.122. The van der Waals surface area contributed by atoms with Crippen molar-refractivity contribution in [3.63, 3.8) is 0 Å². The van der Waals surface area contributed by atoms with Gasteiger partial charge in [-0.3, -0.25) is 25.0 Å². The molecule has 0 atom stereocenters. The van der Waals surface area contributed by atoms with Gasteiger partial charge in [-0.1, -0.05) is 12.1 Å². The first kappa shape index (κ1) is 15.5. The SMILES string of the molecule is O=C(Cn1c(=O)oc2ccccc21)NNC(=O)c1ccc(F)cc1. The molecule has 2 aromatic carbocycles. The Morgan fingerprint density at radius 1 is 1.04 bits per heavy atom. The first-order valence-electron chi connectivity index (χ1n) is 6.98. The zero-order chi connectivity index (χ0) is 17.1. The van der Waals surface area contributed by atoms with Crippen LogP contribution in [-0.2, 0) is 11.3 Å². The maximum Gasteiger partial charge on any atom is 0.420 e. The molecule has 3 aromatic rings. The van der Waals surface area contributed by atoms with E-state index in [2.05, 4.69) is 10.9 Å². The fourth-order valence-corrected chi connectivity index (χ4v) is 2.15. The quantitative estimate of drug-likeness (QED) is 0.706. The van der Waals surface area contributed by atoms with Crippen LogP contribution in [0.1, 0.15) is 10.4 Å². The number of carbonyl (C=O) groups is 2. The van der Waals surface area contributed by atoms with Gasteiger partial charge >= 0.3 is 5.76 Å². The molecule has 0 aliphatic heterocycles. The zero-order valence-electron chi connectivity index (χ0n) is 12.3. The van der Waals surface area contributed by atoms with Crippen molar-refractivity contribution < 1.29 is 18.4 Å². The number of hydrogen-bond acceptors (Lipinski definition) is 4. The van der Waals surface area contributed by atoms with Gasteiger partial charge in [0.1, 0.15) is 12.4 Å². The molecule has 2 N–H and O–H groups in total. The smallest absolute Gasteiger partial charge is 0.408 e. The van der Waals surface area contributed by atoms with E-state index in [1.165, 1.54) is 12.1 Å². The summed E-state index contributed by atoms with van der Waals surface area (Å²) in [5, 5.41) is 0. The van der Waals surface area contributed by atoms with Crippen LogP contribution < -0.4 is 16.6 Å². The van der Waals surface area contributed by atoms with Gasteiger partial charge in [0.15, 0.2) is 5.58 Å². The molecule has 0 radical (unpaired) electrons. The fourth-order valence-electron chi connectivity index (χ4n) is 2.15. The minimum atomic E-state index is -0.670. The summed E-state index contributed by atoms with van der Waals surface area (Å²) in [5.41, 5.74) is 5.41. The standard InChI is InChI=1S/C16H12FN3O4/c17-11-7-5-10(6-8-11)15(22)19-18-14(21)9-20-12-3-1-2-4-13(12)24-16(20)23/h1-8H,9H2,(H,18,21)(H,19,22). The van der Waals surface area contributed by atoms with E-state index < -0.39 is 23.4 Å². The van der Waals surface area contributed by atoms with Crippen molar-refractivity contribution in [1.82, 2.24) is 15.4 Å². The summed E-state index contributed by atoms with van der Waals surface area (Å²) in [6.07, 6.45) is 0. The number of nitrogens with zero attached hydrogens (tertiary/aromatic N) is 1. The lowest BCUT2D eigenvalue weighted by atomic mass is 10.2. The summed E-state index contributed by atoms with van der Waals surface area (Å²) in [6.45, 7) is -0.320. The number of nitrogens with one attached hydrogen (secondary N) is 2. The van der Waals surface area contributed by atoms with Crippen LogP contribution in [-0.4, -0.2) is 16.4 Å². The van der Waals surface area contributed by atoms with Crippen molar-refractivity contribution in [3.8, 4) is 0 Å². The molecule has 2 amide bonds.